The quantitative estimate of drug-likeness (QED) is 0.750. The van der Waals surface area contributed by atoms with Crippen LogP contribution in [0.4, 0.5) is 5.82 Å². The average molecular weight is 273 g/mol. The molecule has 1 aromatic carbocycles. The first-order chi connectivity index (χ1) is 9.65. The van der Waals surface area contributed by atoms with Crippen molar-refractivity contribution >= 4 is 17.7 Å². The summed E-state index contributed by atoms with van der Waals surface area (Å²) >= 11 is 0. The molecule has 20 heavy (non-hydrogen) atoms. The molecule has 1 aromatic heterocycles. The summed E-state index contributed by atoms with van der Waals surface area (Å²) < 4.78 is 0. The van der Waals surface area contributed by atoms with Crippen LogP contribution in [-0.4, -0.2) is 27.2 Å². The van der Waals surface area contributed by atoms with Crippen LogP contribution in [0.15, 0.2) is 36.4 Å². The van der Waals surface area contributed by atoms with Crippen molar-refractivity contribution in [3.63, 3.8) is 0 Å². The van der Waals surface area contributed by atoms with E-state index in [0.717, 1.165) is 12.8 Å². The van der Waals surface area contributed by atoms with Gasteiger partial charge < -0.3 is 10.4 Å². The first-order valence-corrected chi connectivity index (χ1v) is 6.27. The predicted molar refractivity (Wildman–Crippen MR) is 73.6 cm³/mol. The minimum Gasteiger partial charge on any atom is -0.477 e. The van der Waals surface area contributed by atoms with Crippen LogP contribution in [0, 0.1) is 0 Å². The van der Waals surface area contributed by atoms with Gasteiger partial charge in [-0.15, -0.1) is 0 Å². The number of carboxylic acid groups (broad SMARTS) is 1. The minimum atomic E-state index is -1.11. The lowest BCUT2D eigenvalue weighted by molar-refractivity contribution is -0.116. The highest BCUT2D eigenvalue weighted by Crippen LogP contribution is 2.08. The van der Waals surface area contributed by atoms with Gasteiger partial charge in [0.1, 0.15) is 5.69 Å². The summed E-state index contributed by atoms with van der Waals surface area (Å²) in [6.07, 6.45) is 1.92. The Hall–Kier alpha value is -2.63. The second-order valence-electron chi connectivity index (χ2n) is 4.36. The smallest absolute Gasteiger partial charge is 0.353 e. The molecule has 1 amide bonds. The zero-order valence-electron chi connectivity index (χ0n) is 10.8. The Labute approximate surface area is 115 Å². The second kappa shape index (κ2) is 6.51. The number of aromatic carboxylic acids is 1. The molecule has 6 nitrogen and oxygen atoms in total. The highest BCUT2D eigenvalue weighted by molar-refractivity contribution is 5.92. The highest BCUT2D eigenvalue weighted by Gasteiger charge is 2.09. The number of hydrogen-bond acceptors (Lipinski definition) is 3. The molecule has 0 atom stereocenters. The largest absolute Gasteiger partial charge is 0.477 e. The fraction of sp³-hybridized carbons (Fsp3) is 0.214. The third-order valence-corrected chi connectivity index (χ3v) is 2.79. The SMILES string of the molecule is O=C(CCCc1ccccc1)Nc1cc(C(=O)O)[nH]n1. The zero-order valence-corrected chi connectivity index (χ0v) is 10.8. The summed E-state index contributed by atoms with van der Waals surface area (Å²) in [6, 6.07) is 11.2. The number of aromatic amines is 1. The Kier molecular flexibility index (Phi) is 4.49. The molecule has 1 heterocycles. The van der Waals surface area contributed by atoms with E-state index in [1.54, 1.807) is 0 Å². The summed E-state index contributed by atoms with van der Waals surface area (Å²) in [4.78, 5) is 22.3. The summed E-state index contributed by atoms with van der Waals surface area (Å²) in [7, 11) is 0. The Bertz CT molecular complexity index is 593. The average Bonchev–Trinajstić information content (AvgIpc) is 2.88. The first kappa shape index (κ1) is 13.8. The van der Waals surface area contributed by atoms with Crippen LogP contribution in [-0.2, 0) is 11.2 Å². The minimum absolute atomic E-state index is 0.0513. The van der Waals surface area contributed by atoms with Crippen molar-refractivity contribution in [2.75, 3.05) is 5.32 Å². The maximum Gasteiger partial charge on any atom is 0.353 e. The molecule has 0 aliphatic rings. The van der Waals surface area contributed by atoms with E-state index in [4.69, 9.17) is 5.11 Å². The fourth-order valence-electron chi connectivity index (χ4n) is 1.80. The molecule has 0 bridgehead atoms. The number of anilines is 1. The lowest BCUT2D eigenvalue weighted by Gasteiger charge is -2.02. The van der Waals surface area contributed by atoms with E-state index in [9.17, 15) is 9.59 Å². The van der Waals surface area contributed by atoms with Crippen molar-refractivity contribution in [2.24, 2.45) is 0 Å². The summed E-state index contributed by atoms with van der Waals surface area (Å²) in [6.45, 7) is 0. The summed E-state index contributed by atoms with van der Waals surface area (Å²) in [5, 5.41) is 17.3. The van der Waals surface area contributed by atoms with E-state index in [0.29, 0.717) is 6.42 Å². The molecule has 6 heteroatoms. The van der Waals surface area contributed by atoms with E-state index >= 15 is 0 Å². The maximum absolute atomic E-state index is 11.7. The van der Waals surface area contributed by atoms with Crippen LogP contribution < -0.4 is 5.32 Å². The number of aryl methyl sites for hydroxylation is 1. The van der Waals surface area contributed by atoms with Crippen molar-refractivity contribution in [2.45, 2.75) is 19.3 Å². The number of hydrogen-bond donors (Lipinski definition) is 3. The third kappa shape index (κ3) is 3.94. The normalized spacial score (nSPS) is 10.2. The van der Waals surface area contributed by atoms with Crippen LogP contribution in [0.2, 0.25) is 0 Å². The van der Waals surface area contributed by atoms with Gasteiger partial charge in [0, 0.05) is 12.5 Å². The van der Waals surface area contributed by atoms with Gasteiger partial charge in [-0.2, -0.15) is 5.10 Å². The summed E-state index contributed by atoms with van der Waals surface area (Å²) in [5.74, 6) is -1.06. The summed E-state index contributed by atoms with van der Waals surface area (Å²) in [5.41, 5.74) is 1.14. The molecule has 0 aliphatic heterocycles. The molecule has 0 fully saturated rings. The molecular formula is C14H15N3O3. The Balaban J connectivity index is 1.76. The maximum atomic E-state index is 11.7. The second-order valence-corrected chi connectivity index (χ2v) is 4.36. The predicted octanol–water partition coefficient (Wildman–Crippen LogP) is 2.07. The van der Waals surface area contributed by atoms with Crippen LogP contribution in [0.25, 0.3) is 0 Å². The van der Waals surface area contributed by atoms with Gasteiger partial charge in [0.2, 0.25) is 5.91 Å². The standard InChI is InChI=1S/C14H15N3O3/c18-13(8-4-7-10-5-2-1-3-6-10)15-12-9-11(14(19)20)16-17-12/h1-3,5-6,9H,4,7-8H2,(H,19,20)(H2,15,16,17,18). The molecular weight excluding hydrogens is 258 g/mol. The lowest BCUT2D eigenvalue weighted by Crippen LogP contribution is -2.11. The number of H-pyrrole nitrogens is 1. The molecule has 2 aromatic rings. The van der Waals surface area contributed by atoms with Crippen molar-refractivity contribution in [3.8, 4) is 0 Å². The Morgan fingerprint density at radius 3 is 2.65 bits per heavy atom. The topological polar surface area (TPSA) is 95.1 Å². The molecule has 2 rings (SSSR count). The number of aromatic nitrogens is 2. The number of benzene rings is 1. The van der Waals surface area contributed by atoms with Gasteiger partial charge in [-0.25, -0.2) is 4.79 Å². The fourth-order valence-corrected chi connectivity index (χ4v) is 1.80. The highest BCUT2D eigenvalue weighted by atomic mass is 16.4. The molecule has 0 aliphatic carbocycles. The van der Waals surface area contributed by atoms with Crippen molar-refractivity contribution in [1.29, 1.82) is 0 Å². The van der Waals surface area contributed by atoms with Gasteiger partial charge >= 0.3 is 5.97 Å². The van der Waals surface area contributed by atoms with Crippen LogP contribution in [0.3, 0.4) is 0 Å². The van der Waals surface area contributed by atoms with E-state index in [1.807, 2.05) is 30.3 Å². The zero-order chi connectivity index (χ0) is 14.4. The number of rotatable bonds is 6. The monoisotopic (exact) mass is 273 g/mol. The molecule has 0 unspecified atom stereocenters. The van der Waals surface area contributed by atoms with E-state index in [-0.39, 0.29) is 17.4 Å². The number of amides is 1. The van der Waals surface area contributed by atoms with E-state index in [2.05, 4.69) is 15.5 Å². The molecule has 0 radical (unpaired) electrons. The van der Waals surface area contributed by atoms with Gasteiger partial charge in [0.15, 0.2) is 5.82 Å². The first-order valence-electron chi connectivity index (χ1n) is 6.27. The Morgan fingerprint density at radius 2 is 2.00 bits per heavy atom. The number of carbonyl (C=O) groups excluding carboxylic acids is 1. The number of nitrogens with one attached hydrogen (secondary N) is 2. The Morgan fingerprint density at radius 1 is 1.25 bits per heavy atom. The number of carboxylic acids is 1. The lowest BCUT2D eigenvalue weighted by atomic mass is 10.1. The van der Waals surface area contributed by atoms with Gasteiger partial charge in [0.25, 0.3) is 0 Å². The van der Waals surface area contributed by atoms with Crippen molar-refractivity contribution in [3.05, 3.63) is 47.7 Å². The van der Waals surface area contributed by atoms with Crippen LogP contribution >= 0.6 is 0 Å². The van der Waals surface area contributed by atoms with E-state index in [1.165, 1.54) is 11.6 Å². The molecule has 3 N–H and O–H groups in total. The molecule has 104 valence electrons. The van der Waals surface area contributed by atoms with Gasteiger partial charge in [-0.1, -0.05) is 30.3 Å². The third-order valence-electron chi connectivity index (χ3n) is 2.79. The van der Waals surface area contributed by atoms with Gasteiger partial charge in [-0.3, -0.25) is 9.89 Å². The number of carbonyl (C=O) groups is 2. The van der Waals surface area contributed by atoms with Gasteiger partial charge in [0.05, 0.1) is 0 Å². The van der Waals surface area contributed by atoms with E-state index < -0.39 is 5.97 Å². The number of nitrogens with zero attached hydrogens (tertiary/aromatic N) is 1. The van der Waals surface area contributed by atoms with Crippen molar-refractivity contribution in [1.82, 2.24) is 10.2 Å². The van der Waals surface area contributed by atoms with Crippen molar-refractivity contribution < 1.29 is 14.7 Å². The van der Waals surface area contributed by atoms with Gasteiger partial charge in [-0.05, 0) is 18.4 Å². The van der Waals surface area contributed by atoms with Crippen LogP contribution in [0.5, 0.6) is 0 Å². The molecule has 0 spiro atoms. The van der Waals surface area contributed by atoms with Crippen LogP contribution in [0.1, 0.15) is 28.9 Å². The molecule has 0 saturated heterocycles. The molecule has 0 saturated carbocycles.